The minimum absolute atomic E-state index is 0.359. The molecule has 0 radical (unpaired) electrons. The summed E-state index contributed by atoms with van der Waals surface area (Å²) in [7, 11) is 0. The van der Waals surface area contributed by atoms with Crippen molar-refractivity contribution in [1.82, 2.24) is 4.90 Å². The number of halogens is 1. The van der Waals surface area contributed by atoms with Crippen molar-refractivity contribution in [2.75, 3.05) is 19.7 Å². The highest BCUT2D eigenvalue weighted by Gasteiger charge is 2.27. The fraction of sp³-hybridized carbons (Fsp3) is 0.500. The molecule has 2 rings (SSSR count). The standard InChI is InChI=1S/C14H18ClNO3/c15-11-4-6-12(7-5-11)19-10-9-16-8-2-1-3-13(16)14(17)18/h4-7,13H,1-3,8-10H2,(H,17,18). The maximum atomic E-state index is 11.1. The highest BCUT2D eigenvalue weighted by Crippen LogP contribution is 2.18. The Balaban J connectivity index is 1.80. The minimum Gasteiger partial charge on any atom is -0.492 e. The molecule has 1 N–H and O–H groups in total. The van der Waals surface area contributed by atoms with Crippen molar-refractivity contribution in [3.63, 3.8) is 0 Å². The van der Waals surface area contributed by atoms with Crippen LogP contribution in [0.2, 0.25) is 5.02 Å². The Kier molecular flexibility index (Phi) is 5.05. The second-order valence-electron chi connectivity index (χ2n) is 4.69. The van der Waals surface area contributed by atoms with Crippen LogP contribution in [0, 0.1) is 0 Å². The van der Waals surface area contributed by atoms with Crippen LogP contribution in [0.1, 0.15) is 19.3 Å². The molecule has 1 unspecified atom stereocenters. The predicted molar refractivity (Wildman–Crippen MR) is 73.8 cm³/mol. The Morgan fingerprint density at radius 2 is 2.11 bits per heavy atom. The van der Waals surface area contributed by atoms with Crippen LogP contribution in [-0.4, -0.2) is 41.7 Å². The van der Waals surface area contributed by atoms with Gasteiger partial charge in [0.15, 0.2) is 0 Å². The van der Waals surface area contributed by atoms with Gasteiger partial charge in [-0.05, 0) is 43.7 Å². The smallest absolute Gasteiger partial charge is 0.320 e. The van der Waals surface area contributed by atoms with E-state index in [2.05, 4.69) is 0 Å². The molecular weight excluding hydrogens is 266 g/mol. The van der Waals surface area contributed by atoms with Gasteiger partial charge in [0.05, 0.1) is 0 Å². The van der Waals surface area contributed by atoms with Crippen LogP contribution in [-0.2, 0) is 4.79 Å². The molecule has 0 aliphatic carbocycles. The minimum atomic E-state index is -0.730. The third-order valence-corrected chi connectivity index (χ3v) is 3.61. The Bertz CT molecular complexity index is 421. The number of piperidine rings is 1. The van der Waals surface area contributed by atoms with E-state index in [-0.39, 0.29) is 6.04 Å². The molecular formula is C14H18ClNO3. The molecule has 0 amide bonds. The van der Waals surface area contributed by atoms with Gasteiger partial charge in [-0.15, -0.1) is 0 Å². The van der Waals surface area contributed by atoms with Gasteiger partial charge in [-0.25, -0.2) is 0 Å². The number of carbonyl (C=O) groups is 1. The van der Waals surface area contributed by atoms with Crippen molar-refractivity contribution >= 4 is 17.6 Å². The Morgan fingerprint density at radius 1 is 1.37 bits per heavy atom. The van der Waals surface area contributed by atoms with Crippen molar-refractivity contribution in [3.05, 3.63) is 29.3 Å². The van der Waals surface area contributed by atoms with E-state index in [4.69, 9.17) is 21.4 Å². The van der Waals surface area contributed by atoms with Gasteiger partial charge in [0.2, 0.25) is 0 Å². The second-order valence-corrected chi connectivity index (χ2v) is 5.12. The summed E-state index contributed by atoms with van der Waals surface area (Å²) in [5, 5.41) is 9.83. The first-order valence-corrected chi connectivity index (χ1v) is 6.90. The molecule has 19 heavy (non-hydrogen) atoms. The van der Waals surface area contributed by atoms with Crippen LogP contribution in [0.25, 0.3) is 0 Å². The van der Waals surface area contributed by atoms with E-state index >= 15 is 0 Å². The molecule has 1 aliphatic rings. The zero-order chi connectivity index (χ0) is 13.7. The SMILES string of the molecule is O=C(O)C1CCCCN1CCOc1ccc(Cl)cc1. The average Bonchev–Trinajstić information content (AvgIpc) is 2.41. The number of hydrogen-bond donors (Lipinski definition) is 1. The number of likely N-dealkylation sites (tertiary alicyclic amines) is 1. The first-order chi connectivity index (χ1) is 9.16. The lowest BCUT2D eigenvalue weighted by atomic mass is 10.0. The van der Waals surface area contributed by atoms with Gasteiger partial charge in [-0.3, -0.25) is 9.69 Å². The number of rotatable bonds is 5. The van der Waals surface area contributed by atoms with Gasteiger partial charge in [0, 0.05) is 11.6 Å². The summed E-state index contributed by atoms with van der Waals surface area (Å²) in [6.07, 6.45) is 2.78. The van der Waals surface area contributed by atoms with E-state index in [0.717, 1.165) is 31.6 Å². The topological polar surface area (TPSA) is 49.8 Å². The maximum absolute atomic E-state index is 11.1. The fourth-order valence-electron chi connectivity index (χ4n) is 2.35. The van der Waals surface area contributed by atoms with Crippen molar-refractivity contribution in [2.45, 2.75) is 25.3 Å². The Labute approximate surface area is 117 Å². The summed E-state index contributed by atoms with van der Waals surface area (Å²) in [6, 6.07) is 6.82. The number of hydrogen-bond acceptors (Lipinski definition) is 3. The molecule has 1 heterocycles. The summed E-state index contributed by atoms with van der Waals surface area (Å²) in [5.74, 6) is 0.0273. The summed E-state index contributed by atoms with van der Waals surface area (Å²) in [6.45, 7) is 1.96. The fourth-order valence-corrected chi connectivity index (χ4v) is 2.48. The monoisotopic (exact) mass is 283 g/mol. The summed E-state index contributed by atoms with van der Waals surface area (Å²) < 4.78 is 5.60. The summed E-state index contributed by atoms with van der Waals surface area (Å²) in [4.78, 5) is 13.1. The van der Waals surface area contributed by atoms with Crippen LogP contribution in [0.5, 0.6) is 5.75 Å². The van der Waals surface area contributed by atoms with Gasteiger partial charge in [-0.1, -0.05) is 18.0 Å². The van der Waals surface area contributed by atoms with E-state index in [1.54, 1.807) is 12.1 Å². The molecule has 5 heteroatoms. The lowest BCUT2D eigenvalue weighted by Gasteiger charge is -2.32. The second kappa shape index (κ2) is 6.78. The van der Waals surface area contributed by atoms with Gasteiger partial charge in [0.25, 0.3) is 0 Å². The number of ether oxygens (including phenoxy) is 1. The van der Waals surface area contributed by atoms with E-state index in [0.29, 0.717) is 18.2 Å². The zero-order valence-electron chi connectivity index (χ0n) is 10.7. The number of aliphatic carboxylic acids is 1. The highest BCUT2D eigenvalue weighted by molar-refractivity contribution is 6.30. The van der Waals surface area contributed by atoms with Crippen LogP contribution >= 0.6 is 11.6 Å². The average molecular weight is 284 g/mol. The molecule has 1 aromatic rings. The highest BCUT2D eigenvalue weighted by atomic mass is 35.5. The van der Waals surface area contributed by atoms with E-state index in [1.165, 1.54) is 0 Å². The van der Waals surface area contributed by atoms with Gasteiger partial charge >= 0.3 is 5.97 Å². The van der Waals surface area contributed by atoms with Crippen molar-refractivity contribution in [2.24, 2.45) is 0 Å². The summed E-state index contributed by atoms with van der Waals surface area (Å²) in [5.41, 5.74) is 0. The third kappa shape index (κ3) is 4.11. The van der Waals surface area contributed by atoms with Gasteiger partial charge < -0.3 is 9.84 Å². The molecule has 1 aliphatic heterocycles. The lowest BCUT2D eigenvalue weighted by molar-refractivity contribution is -0.144. The number of carboxylic acid groups (broad SMARTS) is 1. The molecule has 1 fully saturated rings. The Morgan fingerprint density at radius 3 is 2.79 bits per heavy atom. The first kappa shape index (κ1) is 14.2. The van der Waals surface area contributed by atoms with E-state index in [9.17, 15) is 4.79 Å². The molecule has 0 spiro atoms. The number of nitrogens with zero attached hydrogens (tertiary/aromatic N) is 1. The predicted octanol–water partition coefficient (Wildman–Crippen LogP) is 2.66. The normalized spacial score (nSPS) is 20.2. The molecule has 1 aromatic carbocycles. The van der Waals surface area contributed by atoms with E-state index in [1.807, 2.05) is 17.0 Å². The van der Waals surface area contributed by atoms with Crippen LogP contribution in [0.15, 0.2) is 24.3 Å². The molecule has 4 nitrogen and oxygen atoms in total. The van der Waals surface area contributed by atoms with Gasteiger partial charge in [0.1, 0.15) is 18.4 Å². The lowest BCUT2D eigenvalue weighted by Crippen LogP contribution is -2.46. The first-order valence-electron chi connectivity index (χ1n) is 6.52. The van der Waals surface area contributed by atoms with Crippen molar-refractivity contribution in [3.8, 4) is 5.75 Å². The van der Waals surface area contributed by atoms with E-state index < -0.39 is 5.97 Å². The van der Waals surface area contributed by atoms with Crippen LogP contribution in [0.3, 0.4) is 0 Å². The number of benzene rings is 1. The van der Waals surface area contributed by atoms with Crippen molar-refractivity contribution < 1.29 is 14.6 Å². The molecule has 1 saturated heterocycles. The quantitative estimate of drug-likeness (QED) is 0.903. The van der Waals surface area contributed by atoms with Crippen molar-refractivity contribution in [1.29, 1.82) is 0 Å². The van der Waals surface area contributed by atoms with Gasteiger partial charge in [-0.2, -0.15) is 0 Å². The maximum Gasteiger partial charge on any atom is 0.320 e. The molecule has 1 atom stereocenters. The molecule has 0 aromatic heterocycles. The van der Waals surface area contributed by atoms with Crippen LogP contribution < -0.4 is 4.74 Å². The summed E-state index contributed by atoms with van der Waals surface area (Å²) >= 11 is 5.79. The van der Waals surface area contributed by atoms with Crippen LogP contribution in [0.4, 0.5) is 0 Å². The third-order valence-electron chi connectivity index (χ3n) is 3.36. The number of carboxylic acids is 1. The Hall–Kier alpha value is -1.26. The zero-order valence-corrected chi connectivity index (χ0v) is 11.5. The molecule has 0 bridgehead atoms. The molecule has 0 saturated carbocycles. The largest absolute Gasteiger partial charge is 0.492 e. The molecule has 104 valence electrons.